The summed E-state index contributed by atoms with van der Waals surface area (Å²) >= 11 is 0. The van der Waals surface area contributed by atoms with E-state index in [1.807, 2.05) is 7.05 Å². The van der Waals surface area contributed by atoms with Crippen LogP contribution in [0.1, 0.15) is 24.0 Å². The summed E-state index contributed by atoms with van der Waals surface area (Å²) in [6, 6.07) is 0.352. The molecule has 0 radical (unpaired) electrons. The van der Waals surface area contributed by atoms with Gasteiger partial charge in [0.05, 0.1) is 18.9 Å². The van der Waals surface area contributed by atoms with E-state index in [4.69, 9.17) is 10.5 Å². The number of nitrogens with two attached hydrogens (primary N) is 1. The molecule has 1 aromatic rings. The van der Waals surface area contributed by atoms with Crippen LogP contribution in [-0.4, -0.2) is 23.1 Å². The van der Waals surface area contributed by atoms with Crippen molar-refractivity contribution in [2.75, 3.05) is 12.8 Å². The molecule has 0 saturated carbocycles. The largest absolute Gasteiger partial charge is 0.383 e. The fourth-order valence-electron chi connectivity index (χ4n) is 1.60. The normalized spacial score (nSPS) is 16.4. The lowest BCUT2D eigenvalue weighted by atomic mass is 10.2. The van der Waals surface area contributed by atoms with Gasteiger partial charge in [-0.1, -0.05) is 0 Å². The van der Waals surface area contributed by atoms with Gasteiger partial charge < -0.3 is 15.8 Å². The number of anilines is 1. The summed E-state index contributed by atoms with van der Waals surface area (Å²) in [6.07, 6.45) is 0.786. The molecule has 0 spiro atoms. The molecule has 0 fully saturated rings. The molecule has 0 saturated heterocycles. The third kappa shape index (κ3) is 2.08. The van der Waals surface area contributed by atoms with Gasteiger partial charge in [0.15, 0.2) is 0 Å². The van der Waals surface area contributed by atoms with E-state index < -0.39 is 0 Å². The number of nitrogen functional groups attached to an aromatic ring is 1. The molecule has 2 heterocycles. The molecule has 1 aromatic heterocycles. The molecule has 3 N–H and O–H groups in total. The maximum absolute atomic E-state index is 5.84. The highest BCUT2D eigenvalue weighted by atomic mass is 16.5. The molecule has 1 atom stereocenters. The third-order valence-corrected chi connectivity index (χ3v) is 2.64. The second kappa shape index (κ2) is 4.12. The van der Waals surface area contributed by atoms with Gasteiger partial charge in [0.25, 0.3) is 0 Å². The number of ether oxygens (including phenoxy) is 1. The van der Waals surface area contributed by atoms with Crippen molar-refractivity contribution in [3.05, 3.63) is 17.1 Å². The maximum atomic E-state index is 5.84. The Morgan fingerprint density at radius 1 is 1.47 bits per heavy atom. The van der Waals surface area contributed by atoms with Crippen LogP contribution in [0.4, 0.5) is 5.82 Å². The predicted octanol–water partition coefficient (Wildman–Crippen LogP) is 0.239. The molecular weight excluding hydrogens is 192 g/mol. The van der Waals surface area contributed by atoms with Gasteiger partial charge in [0.2, 0.25) is 0 Å². The second-order valence-corrected chi connectivity index (χ2v) is 3.84. The summed E-state index contributed by atoms with van der Waals surface area (Å²) in [5.74, 6) is 1.36. The Kier molecular flexibility index (Phi) is 2.83. The zero-order valence-electron chi connectivity index (χ0n) is 9.08. The second-order valence-electron chi connectivity index (χ2n) is 3.84. The van der Waals surface area contributed by atoms with E-state index in [0.717, 1.165) is 23.5 Å². The minimum absolute atomic E-state index is 0.352. The lowest BCUT2D eigenvalue weighted by Gasteiger charge is -2.10. The third-order valence-electron chi connectivity index (χ3n) is 2.64. The molecule has 82 valence electrons. The first-order valence-corrected chi connectivity index (χ1v) is 5.10. The molecular formula is C10H16N4O. The molecule has 1 unspecified atom stereocenters. The van der Waals surface area contributed by atoms with Crippen molar-refractivity contribution in [1.29, 1.82) is 0 Å². The number of nitrogens with one attached hydrogen (secondary N) is 1. The Bertz CT molecular complexity index is 367. The van der Waals surface area contributed by atoms with Crippen LogP contribution in [0.3, 0.4) is 0 Å². The number of aromatic nitrogens is 2. The number of rotatable bonds is 3. The van der Waals surface area contributed by atoms with E-state index in [-0.39, 0.29) is 0 Å². The first-order valence-electron chi connectivity index (χ1n) is 5.10. The summed E-state index contributed by atoms with van der Waals surface area (Å²) < 4.78 is 5.28. The van der Waals surface area contributed by atoms with Gasteiger partial charge in [-0.15, -0.1) is 0 Å². The van der Waals surface area contributed by atoms with Crippen molar-refractivity contribution >= 4 is 5.82 Å². The standard InChI is InChI=1S/C10H16N4O/c1-6(12-2)3-9-13-8-5-15-4-7(8)10(11)14-9/h6,12H,3-5H2,1-2H3,(H2,11,13,14). The van der Waals surface area contributed by atoms with E-state index in [9.17, 15) is 0 Å². The first kappa shape index (κ1) is 10.3. The van der Waals surface area contributed by atoms with Gasteiger partial charge in [-0.05, 0) is 14.0 Å². The van der Waals surface area contributed by atoms with Crippen LogP contribution < -0.4 is 11.1 Å². The molecule has 0 amide bonds. The van der Waals surface area contributed by atoms with Gasteiger partial charge in [-0.2, -0.15) is 0 Å². The molecule has 0 bridgehead atoms. The molecule has 2 rings (SSSR count). The Balaban J connectivity index is 2.23. The predicted molar refractivity (Wildman–Crippen MR) is 57.2 cm³/mol. The summed E-state index contributed by atoms with van der Waals surface area (Å²) in [5.41, 5.74) is 7.74. The number of fused-ring (bicyclic) bond motifs is 1. The summed E-state index contributed by atoms with van der Waals surface area (Å²) in [4.78, 5) is 8.73. The van der Waals surface area contributed by atoms with E-state index in [2.05, 4.69) is 22.2 Å². The van der Waals surface area contributed by atoms with Gasteiger partial charge in [-0.25, -0.2) is 9.97 Å². The molecule has 5 nitrogen and oxygen atoms in total. The highest BCUT2D eigenvalue weighted by Gasteiger charge is 2.18. The molecule has 15 heavy (non-hydrogen) atoms. The maximum Gasteiger partial charge on any atom is 0.133 e. The average molecular weight is 208 g/mol. The van der Waals surface area contributed by atoms with Crippen molar-refractivity contribution in [3.8, 4) is 0 Å². The molecule has 5 heteroatoms. The van der Waals surface area contributed by atoms with Crippen LogP contribution in [-0.2, 0) is 24.4 Å². The number of likely N-dealkylation sites (N-methyl/N-ethyl adjacent to an activating group) is 1. The Morgan fingerprint density at radius 2 is 2.27 bits per heavy atom. The van der Waals surface area contributed by atoms with Crippen LogP contribution in [0.5, 0.6) is 0 Å². The van der Waals surface area contributed by atoms with E-state index in [1.54, 1.807) is 0 Å². The zero-order valence-corrected chi connectivity index (χ0v) is 9.08. The van der Waals surface area contributed by atoms with Crippen molar-refractivity contribution in [2.24, 2.45) is 0 Å². The monoisotopic (exact) mass is 208 g/mol. The fraction of sp³-hybridized carbons (Fsp3) is 0.600. The molecule has 0 aromatic carbocycles. The van der Waals surface area contributed by atoms with Crippen LogP contribution in [0.15, 0.2) is 0 Å². The van der Waals surface area contributed by atoms with Crippen LogP contribution in [0, 0.1) is 0 Å². The Morgan fingerprint density at radius 3 is 3.00 bits per heavy atom. The first-order chi connectivity index (χ1) is 7.20. The SMILES string of the molecule is CNC(C)Cc1nc(N)c2c(n1)COC2. The van der Waals surface area contributed by atoms with Crippen LogP contribution in [0.2, 0.25) is 0 Å². The smallest absolute Gasteiger partial charge is 0.133 e. The Labute approximate surface area is 89.1 Å². The minimum Gasteiger partial charge on any atom is -0.383 e. The molecule has 0 aliphatic carbocycles. The Hall–Kier alpha value is -1.20. The van der Waals surface area contributed by atoms with Crippen molar-refractivity contribution in [2.45, 2.75) is 32.6 Å². The zero-order chi connectivity index (χ0) is 10.8. The quantitative estimate of drug-likeness (QED) is 0.744. The lowest BCUT2D eigenvalue weighted by Crippen LogP contribution is -2.25. The van der Waals surface area contributed by atoms with Gasteiger partial charge >= 0.3 is 0 Å². The topological polar surface area (TPSA) is 73.1 Å². The lowest BCUT2D eigenvalue weighted by molar-refractivity contribution is 0.133. The summed E-state index contributed by atoms with van der Waals surface area (Å²) in [5, 5.41) is 3.15. The van der Waals surface area contributed by atoms with Gasteiger partial charge in [0, 0.05) is 18.0 Å². The van der Waals surface area contributed by atoms with Crippen LogP contribution >= 0.6 is 0 Å². The highest BCUT2D eigenvalue weighted by molar-refractivity contribution is 5.43. The van der Waals surface area contributed by atoms with E-state index >= 15 is 0 Å². The summed E-state index contributed by atoms with van der Waals surface area (Å²) in [7, 11) is 1.92. The summed E-state index contributed by atoms with van der Waals surface area (Å²) in [6.45, 7) is 3.19. The number of hydrogen-bond acceptors (Lipinski definition) is 5. The van der Waals surface area contributed by atoms with Gasteiger partial charge in [-0.3, -0.25) is 0 Å². The minimum atomic E-state index is 0.352. The number of nitrogens with zero attached hydrogens (tertiary/aromatic N) is 2. The van der Waals surface area contributed by atoms with Crippen LogP contribution in [0.25, 0.3) is 0 Å². The molecule has 1 aliphatic rings. The van der Waals surface area contributed by atoms with Crippen molar-refractivity contribution in [3.63, 3.8) is 0 Å². The highest BCUT2D eigenvalue weighted by Crippen LogP contribution is 2.22. The molecule has 1 aliphatic heterocycles. The van der Waals surface area contributed by atoms with Gasteiger partial charge in [0.1, 0.15) is 11.6 Å². The fourth-order valence-corrected chi connectivity index (χ4v) is 1.60. The van der Waals surface area contributed by atoms with E-state index in [0.29, 0.717) is 25.1 Å². The van der Waals surface area contributed by atoms with Crippen molar-refractivity contribution < 1.29 is 4.74 Å². The number of hydrogen-bond donors (Lipinski definition) is 2. The van der Waals surface area contributed by atoms with Crippen molar-refractivity contribution in [1.82, 2.24) is 15.3 Å². The van der Waals surface area contributed by atoms with E-state index in [1.165, 1.54) is 0 Å². The average Bonchev–Trinajstić information content (AvgIpc) is 2.66.